The highest BCUT2D eigenvalue weighted by atomic mass is 35.5. The number of rotatable bonds is 3. The maximum atomic E-state index is 12.4. The van der Waals surface area contributed by atoms with Gasteiger partial charge in [-0.1, -0.05) is 34.8 Å². The molecule has 0 radical (unpaired) electrons. The summed E-state index contributed by atoms with van der Waals surface area (Å²) in [7, 11) is 0. The third kappa shape index (κ3) is 3.40. The molecule has 4 rings (SSSR count). The molecule has 0 N–H and O–H groups in total. The second-order valence-electron chi connectivity index (χ2n) is 5.75. The lowest BCUT2D eigenvalue weighted by atomic mass is 10.1. The van der Waals surface area contributed by atoms with Crippen LogP contribution in [-0.4, -0.2) is 5.78 Å². The van der Waals surface area contributed by atoms with Crippen molar-refractivity contribution in [2.75, 3.05) is 0 Å². The summed E-state index contributed by atoms with van der Waals surface area (Å²) in [6.45, 7) is 0.505. The average Bonchev–Trinajstić information content (AvgIpc) is 3.03. The lowest BCUT2D eigenvalue weighted by Crippen LogP contribution is -2.02. The topological polar surface area (TPSA) is 26.3 Å². The van der Waals surface area contributed by atoms with E-state index in [0.29, 0.717) is 27.2 Å². The van der Waals surface area contributed by atoms with Crippen LogP contribution in [0.2, 0.25) is 15.1 Å². The van der Waals surface area contributed by atoms with Crippen LogP contribution in [0, 0.1) is 0 Å². The van der Waals surface area contributed by atoms with Gasteiger partial charge in [-0.05, 0) is 54.6 Å². The van der Waals surface area contributed by atoms with Gasteiger partial charge in [-0.15, -0.1) is 11.3 Å². The van der Waals surface area contributed by atoms with Gasteiger partial charge in [-0.2, -0.15) is 0 Å². The summed E-state index contributed by atoms with van der Waals surface area (Å²) < 4.78 is 5.77. The van der Waals surface area contributed by atoms with Gasteiger partial charge in [-0.25, -0.2) is 0 Å². The molecule has 0 spiro atoms. The number of ketones is 1. The van der Waals surface area contributed by atoms with E-state index in [1.165, 1.54) is 6.08 Å². The van der Waals surface area contributed by atoms with Crippen LogP contribution in [0.15, 0.2) is 48.5 Å². The van der Waals surface area contributed by atoms with Gasteiger partial charge in [0.2, 0.25) is 0 Å². The Kier molecular flexibility index (Phi) is 4.80. The molecule has 1 aliphatic rings. The Morgan fingerprint density at radius 1 is 1.04 bits per heavy atom. The second kappa shape index (κ2) is 7.09. The lowest BCUT2D eigenvalue weighted by molar-refractivity contribution is 0.104. The molecule has 0 aliphatic carbocycles. The minimum Gasteiger partial charge on any atom is -0.488 e. The Morgan fingerprint density at radius 2 is 1.81 bits per heavy atom. The van der Waals surface area contributed by atoms with E-state index in [-0.39, 0.29) is 5.78 Å². The van der Waals surface area contributed by atoms with Crippen molar-refractivity contribution in [3.05, 3.63) is 79.6 Å². The maximum Gasteiger partial charge on any atom is 0.187 e. The normalized spacial score (nSPS) is 12.6. The molecule has 2 aromatic carbocycles. The molecule has 1 aliphatic heterocycles. The van der Waals surface area contributed by atoms with Crippen molar-refractivity contribution in [2.45, 2.75) is 6.61 Å². The van der Waals surface area contributed by atoms with E-state index in [1.807, 2.05) is 24.3 Å². The van der Waals surface area contributed by atoms with Crippen LogP contribution in [0.5, 0.6) is 5.75 Å². The first kappa shape index (κ1) is 17.6. The molecule has 3 aromatic rings. The molecule has 0 unspecified atom stereocenters. The quantitative estimate of drug-likeness (QED) is 0.331. The number of ether oxygens (including phenoxy) is 1. The Labute approximate surface area is 169 Å². The van der Waals surface area contributed by atoms with Crippen LogP contribution in [0.4, 0.5) is 0 Å². The van der Waals surface area contributed by atoms with Crippen LogP contribution in [0.25, 0.3) is 16.5 Å². The number of thiophene rings is 1. The zero-order valence-electron chi connectivity index (χ0n) is 13.3. The summed E-state index contributed by atoms with van der Waals surface area (Å²) in [5, 5.41) is 1.51. The zero-order valence-corrected chi connectivity index (χ0v) is 16.3. The average molecular weight is 422 g/mol. The molecule has 130 valence electrons. The summed E-state index contributed by atoms with van der Waals surface area (Å²) in [4.78, 5) is 14.5. The number of benzene rings is 2. The molecule has 2 nitrogen and oxygen atoms in total. The van der Waals surface area contributed by atoms with E-state index < -0.39 is 0 Å². The summed E-state index contributed by atoms with van der Waals surface area (Å²) in [6, 6.07) is 12.5. The predicted octanol–water partition coefficient (Wildman–Crippen LogP) is 7.16. The fourth-order valence-electron chi connectivity index (χ4n) is 2.77. The molecule has 0 bridgehead atoms. The number of allylic oxidation sites excluding steroid dienone is 1. The number of fused-ring (bicyclic) bond motifs is 3. The number of carbonyl (C=O) groups is 1. The van der Waals surface area contributed by atoms with Crippen molar-refractivity contribution in [2.24, 2.45) is 0 Å². The molecule has 0 saturated heterocycles. The first-order chi connectivity index (χ1) is 12.5. The van der Waals surface area contributed by atoms with Gasteiger partial charge in [0.05, 0.1) is 5.02 Å². The standard InChI is InChI=1S/C20H11Cl3O2S/c21-12-2-6-19-16(8-12)20-11(10-25-19)7-14(26-20)3-5-18(24)15-4-1-13(22)9-17(15)23/h1-9H,10H2/b5-3+. The zero-order chi connectivity index (χ0) is 18.3. The van der Waals surface area contributed by atoms with Crippen LogP contribution in [0.3, 0.4) is 0 Å². The molecule has 0 fully saturated rings. The summed E-state index contributed by atoms with van der Waals surface area (Å²) >= 11 is 19.7. The molecular formula is C20H11Cl3O2S. The number of hydrogen-bond donors (Lipinski definition) is 0. The van der Waals surface area contributed by atoms with Crippen molar-refractivity contribution in [1.82, 2.24) is 0 Å². The Bertz CT molecular complexity index is 1050. The van der Waals surface area contributed by atoms with E-state index in [9.17, 15) is 4.79 Å². The van der Waals surface area contributed by atoms with E-state index in [2.05, 4.69) is 0 Å². The van der Waals surface area contributed by atoms with E-state index >= 15 is 0 Å². The van der Waals surface area contributed by atoms with E-state index in [0.717, 1.165) is 26.6 Å². The minimum absolute atomic E-state index is 0.169. The molecule has 0 atom stereocenters. The first-order valence-electron chi connectivity index (χ1n) is 7.74. The summed E-state index contributed by atoms with van der Waals surface area (Å²) in [6.07, 6.45) is 3.31. The van der Waals surface area contributed by atoms with Gasteiger partial charge in [0.15, 0.2) is 5.78 Å². The largest absolute Gasteiger partial charge is 0.488 e. The van der Waals surface area contributed by atoms with Crippen LogP contribution in [0.1, 0.15) is 20.8 Å². The van der Waals surface area contributed by atoms with E-state index in [4.69, 9.17) is 39.5 Å². The van der Waals surface area contributed by atoms with Crippen molar-refractivity contribution >= 4 is 58.0 Å². The Hall–Kier alpha value is -1.78. The summed E-state index contributed by atoms with van der Waals surface area (Å²) in [5.74, 6) is 0.654. The second-order valence-corrected chi connectivity index (χ2v) is 8.12. The minimum atomic E-state index is -0.169. The van der Waals surface area contributed by atoms with Crippen molar-refractivity contribution < 1.29 is 9.53 Å². The molecule has 2 heterocycles. The van der Waals surface area contributed by atoms with Gasteiger partial charge in [0.25, 0.3) is 0 Å². The van der Waals surface area contributed by atoms with Crippen LogP contribution in [-0.2, 0) is 6.61 Å². The molecule has 1 aromatic heterocycles. The SMILES string of the molecule is O=C(/C=C/c1cc2c(s1)-c1cc(Cl)ccc1OC2)c1ccc(Cl)cc1Cl. The molecule has 6 heteroatoms. The first-order valence-corrected chi connectivity index (χ1v) is 9.69. The monoisotopic (exact) mass is 420 g/mol. The highest BCUT2D eigenvalue weighted by molar-refractivity contribution is 7.16. The molecule has 26 heavy (non-hydrogen) atoms. The Morgan fingerprint density at radius 3 is 2.62 bits per heavy atom. The van der Waals surface area contributed by atoms with Gasteiger partial charge in [0, 0.05) is 36.5 Å². The van der Waals surface area contributed by atoms with Gasteiger partial charge >= 0.3 is 0 Å². The number of carbonyl (C=O) groups excluding carboxylic acids is 1. The van der Waals surface area contributed by atoms with Crippen molar-refractivity contribution in [3.63, 3.8) is 0 Å². The third-order valence-corrected chi connectivity index (χ3v) is 5.95. The fraction of sp³-hybridized carbons (Fsp3) is 0.0500. The molecule has 0 saturated carbocycles. The third-order valence-electron chi connectivity index (χ3n) is 3.99. The van der Waals surface area contributed by atoms with Crippen molar-refractivity contribution in [1.29, 1.82) is 0 Å². The summed E-state index contributed by atoms with van der Waals surface area (Å²) in [5.41, 5.74) is 2.49. The highest BCUT2D eigenvalue weighted by Gasteiger charge is 2.20. The highest BCUT2D eigenvalue weighted by Crippen LogP contribution is 2.43. The number of halogens is 3. The predicted molar refractivity (Wildman–Crippen MR) is 109 cm³/mol. The van der Waals surface area contributed by atoms with Gasteiger partial charge in [-0.3, -0.25) is 4.79 Å². The smallest absolute Gasteiger partial charge is 0.187 e. The van der Waals surface area contributed by atoms with Gasteiger partial charge in [0.1, 0.15) is 12.4 Å². The van der Waals surface area contributed by atoms with E-state index in [1.54, 1.807) is 35.6 Å². The molecular weight excluding hydrogens is 411 g/mol. The Balaban J connectivity index is 1.63. The fourth-order valence-corrected chi connectivity index (χ4v) is 4.53. The lowest BCUT2D eigenvalue weighted by Gasteiger charge is -2.17. The van der Waals surface area contributed by atoms with Crippen molar-refractivity contribution in [3.8, 4) is 16.2 Å². The van der Waals surface area contributed by atoms with Crippen LogP contribution < -0.4 is 4.74 Å². The number of hydrogen-bond acceptors (Lipinski definition) is 3. The van der Waals surface area contributed by atoms with Gasteiger partial charge < -0.3 is 4.74 Å². The molecule has 0 amide bonds. The van der Waals surface area contributed by atoms with Crippen LogP contribution >= 0.6 is 46.1 Å². The maximum absolute atomic E-state index is 12.4.